The minimum absolute atomic E-state index is 0.241. The summed E-state index contributed by atoms with van der Waals surface area (Å²) in [7, 11) is 0. The van der Waals surface area contributed by atoms with Crippen molar-refractivity contribution in [1.82, 2.24) is 4.57 Å². The number of carboxylic acid groups (broad SMARTS) is 1. The quantitative estimate of drug-likeness (QED) is 0.807. The second-order valence-corrected chi connectivity index (χ2v) is 4.60. The molecule has 4 nitrogen and oxygen atoms in total. The summed E-state index contributed by atoms with van der Waals surface area (Å²) in [5, 5.41) is 18.6. The number of rotatable bonds is 6. The second-order valence-electron chi connectivity index (χ2n) is 4.60. The highest BCUT2D eigenvalue weighted by molar-refractivity contribution is 5.81. The van der Waals surface area contributed by atoms with Crippen LogP contribution in [0.3, 0.4) is 0 Å². The van der Waals surface area contributed by atoms with E-state index in [-0.39, 0.29) is 6.42 Å². The Labute approximate surface area is 111 Å². The highest BCUT2D eigenvalue weighted by Gasteiger charge is 2.02. The third-order valence-electron chi connectivity index (χ3n) is 3.19. The second kappa shape index (κ2) is 6.05. The first-order valence-electron chi connectivity index (χ1n) is 6.41. The van der Waals surface area contributed by atoms with Crippen molar-refractivity contribution in [2.75, 3.05) is 0 Å². The minimum atomic E-state index is -0.731. The molecule has 0 aliphatic heterocycles. The summed E-state index contributed by atoms with van der Waals surface area (Å²) in [6.45, 7) is 0.859. The number of hydrogen-bond acceptors (Lipinski definition) is 2. The first-order valence-corrected chi connectivity index (χ1v) is 6.41. The number of fused-ring (bicyclic) bond motifs is 1. The average molecular weight is 256 g/mol. The van der Waals surface area contributed by atoms with Crippen molar-refractivity contribution in [3.05, 3.63) is 36.0 Å². The van der Waals surface area contributed by atoms with Crippen molar-refractivity contribution in [1.29, 1.82) is 5.26 Å². The van der Waals surface area contributed by atoms with Crippen LogP contribution in [0.4, 0.5) is 0 Å². The van der Waals surface area contributed by atoms with Gasteiger partial charge in [-0.15, -0.1) is 0 Å². The van der Waals surface area contributed by atoms with Gasteiger partial charge < -0.3 is 9.67 Å². The highest BCUT2D eigenvalue weighted by Crippen LogP contribution is 2.18. The van der Waals surface area contributed by atoms with Gasteiger partial charge >= 0.3 is 5.97 Å². The monoisotopic (exact) mass is 256 g/mol. The van der Waals surface area contributed by atoms with Crippen molar-refractivity contribution < 1.29 is 9.90 Å². The first kappa shape index (κ1) is 13.2. The van der Waals surface area contributed by atoms with Gasteiger partial charge in [0, 0.05) is 24.7 Å². The Hall–Kier alpha value is -2.28. The summed E-state index contributed by atoms with van der Waals surface area (Å²) < 4.78 is 2.12. The lowest BCUT2D eigenvalue weighted by molar-refractivity contribution is -0.137. The van der Waals surface area contributed by atoms with Gasteiger partial charge in [-0.25, -0.2) is 0 Å². The van der Waals surface area contributed by atoms with Crippen LogP contribution in [-0.2, 0) is 11.3 Å². The number of aromatic nitrogens is 1. The molecule has 1 heterocycles. The summed E-state index contributed by atoms with van der Waals surface area (Å²) >= 11 is 0. The smallest absolute Gasteiger partial charge is 0.303 e. The molecule has 0 amide bonds. The van der Waals surface area contributed by atoms with Gasteiger partial charge in [-0.2, -0.15) is 5.26 Å². The number of benzene rings is 1. The number of aryl methyl sites for hydroxylation is 1. The normalized spacial score (nSPS) is 10.5. The lowest BCUT2D eigenvalue weighted by atomic mass is 10.1. The zero-order valence-corrected chi connectivity index (χ0v) is 10.7. The fourth-order valence-electron chi connectivity index (χ4n) is 2.18. The summed E-state index contributed by atoms with van der Waals surface area (Å²) in [6.07, 6.45) is 4.84. The molecule has 0 atom stereocenters. The van der Waals surface area contributed by atoms with Gasteiger partial charge in [0.05, 0.1) is 11.6 Å². The van der Waals surface area contributed by atoms with Crippen LogP contribution in [0.2, 0.25) is 0 Å². The van der Waals surface area contributed by atoms with Crippen LogP contribution in [0, 0.1) is 11.3 Å². The average Bonchev–Trinajstić information content (AvgIpc) is 2.80. The molecule has 1 aromatic heterocycles. The van der Waals surface area contributed by atoms with E-state index >= 15 is 0 Å². The van der Waals surface area contributed by atoms with E-state index < -0.39 is 5.97 Å². The van der Waals surface area contributed by atoms with Crippen LogP contribution in [-0.4, -0.2) is 15.6 Å². The van der Waals surface area contributed by atoms with E-state index in [0.717, 1.165) is 36.7 Å². The van der Waals surface area contributed by atoms with Gasteiger partial charge in [-0.3, -0.25) is 4.79 Å². The SMILES string of the molecule is N#Cc1ccc2ccn(CCCCCC(=O)O)c2c1. The predicted octanol–water partition coefficient (Wildman–Crippen LogP) is 3.16. The fourth-order valence-corrected chi connectivity index (χ4v) is 2.18. The zero-order chi connectivity index (χ0) is 13.7. The maximum absolute atomic E-state index is 10.4. The van der Waals surface area contributed by atoms with E-state index in [2.05, 4.69) is 10.6 Å². The third-order valence-corrected chi connectivity index (χ3v) is 3.19. The Morgan fingerprint density at radius 3 is 2.84 bits per heavy atom. The standard InChI is InChI=1S/C15H16N2O2/c16-11-12-5-6-13-7-9-17(14(13)10-12)8-3-1-2-4-15(18)19/h5-7,9-10H,1-4,8H2,(H,18,19). The van der Waals surface area contributed by atoms with E-state index in [1.165, 1.54) is 0 Å². The maximum atomic E-state index is 10.4. The Kier molecular flexibility index (Phi) is 4.19. The van der Waals surface area contributed by atoms with E-state index in [0.29, 0.717) is 5.56 Å². The van der Waals surface area contributed by atoms with E-state index in [1.54, 1.807) is 0 Å². The van der Waals surface area contributed by atoms with Crippen molar-refractivity contribution in [3.8, 4) is 6.07 Å². The highest BCUT2D eigenvalue weighted by atomic mass is 16.4. The van der Waals surface area contributed by atoms with Crippen LogP contribution in [0.15, 0.2) is 30.5 Å². The number of nitrogens with zero attached hydrogens (tertiary/aromatic N) is 2. The maximum Gasteiger partial charge on any atom is 0.303 e. The number of unbranched alkanes of at least 4 members (excludes halogenated alkanes) is 2. The molecule has 0 aliphatic rings. The molecular formula is C15H16N2O2. The Morgan fingerprint density at radius 1 is 1.26 bits per heavy atom. The van der Waals surface area contributed by atoms with Crippen molar-refractivity contribution in [3.63, 3.8) is 0 Å². The van der Waals surface area contributed by atoms with Gasteiger partial charge in [-0.05, 0) is 36.4 Å². The first-order chi connectivity index (χ1) is 9.20. The van der Waals surface area contributed by atoms with Crippen LogP contribution in [0.1, 0.15) is 31.2 Å². The van der Waals surface area contributed by atoms with Crippen LogP contribution in [0.5, 0.6) is 0 Å². The zero-order valence-electron chi connectivity index (χ0n) is 10.7. The minimum Gasteiger partial charge on any atom is -0.481 e. The molecule has 98 valence electrons. The lowest BCUT2D eigenvalue weighted by Crippen LogP contribution is -1.98. The summed E-state index contributed by atoms with van der Waals surface area (Å²) in [4.78, 5) is 10.4. The fraction of sp³-hybridized carbons (Fsp3) is 0.333. The van der Waals surface area contributed by atoms with Gasteiger partial charge in [0.1, 0.15) is 0 Å². The Bertz CT molecular complexity index is 623. The summed E-state index contributed by atoms with van der Waals surface area (Å²) in [6, 6.07) is 9.85. The molecule has 0 saturated carbocycles. The molecule has 2 rings (SSSR count). The van der Waals surface area contributed by atoms with Crippen LogP contribution < -0.4 is 0 Å². The molecule has 0 bridgehead atoms. The molecule has 0 fully saturated rings. The van der Waals surface area contributed by atoms with E-state index in [4.69, 9.17) is 10.4 Å². The Balaban J connectivity index is 1.97. The van der Waals surface area contributed by atoms with Gasteiger partial charge in [0.2, 0.25) is 0 Å². The molecule has 0 spiro atoms. The molecule has 1 aromatic carbocycles. The molecule has 2 aromatic rings. The molecule has 0 aliphatic carbocycles. The summed E-state index contributed by atoms with van der Waals surface area (Å²) in [5.41, 5.74) is 1.73. The number of carboxylic acids is 1. The molecule has 19 heavy (non-hydrogen) atoms. The number of hydrogen-bond donors (Lipinski definition) is 1. The largest absolute Gasteiger partial charge is 0.481 e. The van der Waals surface area contributed by atoms with Crippen LogP contribution >= 0.6 is 0 Å². The lowest BCUT2D eigenvalue weighted by Gasteiger charge is -2.05. The van der Waals surface area contributed by atoms with Crippen molar-refractivity contribution >= 4 is 16.9 Å². The molecule has 4 heteroatoms. The molecule has 0 saturated heterocycles. The molecule has 0 unspecified atom stereocenters. The van der Waals surface area contributed by atoms with Gasteiger partial charge in [0.15, 0.2) is 0 Å². The van der Waals surface area contributed by atoms with Crippen molar-refractivity contribution in [2.45, 2.75) is 32.2 Å². The topological polar surface area (TPSA) is 66.0 Å². The Morgan fingerprint density at radius 2 is 2.11 bits per heavy atom. The number of nitriles is 1. The van der Waals surface area contributed by atoms with Gasteiger partial charge in [-0.1, -0.05) is 12.5 Å². The van der Waals surface area contributed by atoms with Crippen molar-refractivity contribution in [2.24, 2.45) is 0 Å². The third kappa shape index (κ3) is 3.35. The van der Waals surface area contributed by atoms with E-state index in [1.807, 2.05) is 30.5 Å². The molecule has 0 radical (unpaired) electrons. The van der Waals surface area contributed by atoms with Crippen LogP contribution in [0.25, 0.3) is 10.9 Å². The number of carbonyl (C=O) groups is 1. The predicted molar refractivity (Wildman–Crippen MR) is 72.8 cm³/mol. The number of aliphatic carboxylic acids is 1. The van der Waals surface area contributed by atoms with E-state index in [9.17, 15) is 4.79 Å². The molecular weight excluding hydrogens is 240 g/mol. The molecule has 1 N–H and O–H groups in total. The van der Waals surface area contributed by atoms with Gasteiger partial charge in [0.25, 0.3) is 0 Å². The summed E-state index contributed by atoms with van der Waals surface area (Å²) in [5.74, 6) is -0.731.